The van der Waals surface area contributed by atoms with Crippen LogP contribution in [0.3, 0.4) is 0 Å². The zero-order chi connectivity index (χ0) is 7.68. The summed E-state index contributed by atoms with van der Waals surface area (Å²) in [5.74, 6) is 0.711. The normalized spacial score (nSPS) is 17.9. The number of pyridine rings is 1. The van der Waals surface area contributed by atoms with Crippen LogP contribution in [0.4, 0.5) is 0 Å². The van der Waals surface area contributed by atoms with Crippen LogP contribution in [0.25, 0.3) is 0 Å². The molecule has 0 bridgehead atoms. The molecular formula is C9H12N2. The van der Waals surface area contributed by atoms with Gasteiger partial charge in [-0.3, -0.25) is 4.98 Å². The van der Waals surface area contributed by atoms with Gasteiger partial charge in [0.15, 0.2) is 0 Å². The number of nitrogens with one attached hydrogen (secondary N) is 1. The summed E-state index contributed by atoms with van der Waals surface area (Å²) in [4.78, 5) is 4.25. The molecule has 1 aromatic rings. The Morgan fingerprint density at radius 3 is 2.73 bits per heavy atom. The summed E-state index contributed by atoms with van der Waals surface area (Å²) in [7, 11) is 0. The van der Waals surface area contributed by atoms with Gasteiger partial charge in [-0.15, -0.1) is 0 Å². The highest BCUT2D eigenvalue weighted by molar-refractivity contribution is 5.20. The second-order valence-corrected chi connectivity index (χ2v) is 3.09. The van der Waals surface area contributed by atoms with Crippen molar-refractivity contribution in [3.63, 3.8) is 0 Å². The Hall–Kier alpha value is -0.890. The van der Waals surface area contributed by atoms with Gasteiger partial charge in [-0.25, -0.2) is 0 Å². The lowest BCUT2D eigenvalue weighted by Gasteiger charge is -2.27. The van der Waals surface area contributed by atoms with E-state index in [1.54, 1.807) is 0 Å². The molecule has 0 atom stereocenters. The SMILES string of the molecule is Cc1ccc(C2CNC2)cn1. The maximum absolute atomic E-state index is 4.25. The van der Waals surface area contributed by atoms with E-state index in [0.717, 1.165) is 18.8 Å². The highest BCUT2D eigenvalue weighted by Crippen LogP contribution is 2.18. The topological polar surface area (TPSA) is 24.9 Å². The predicted molar refractivity (Wildman–Crippen MR) is 44.6 cm³/mol. The minimum Gasteiger partial charge on any atom is -0.315 e. The monoisotopic (exact) mass is 148 g/mol. The molecule has 1 fully saturated rings. The zero-order valence-corrected chi connectivity index (χ0v) is 6.67. The van der Waals surface area contributed by atoms with Gasteiger partial charge in [0, 0.05) is 30.9 Å². The molecule has 0 unspecified atom stereocenters. The lowest BCUT2D eigenvalue weighted by molar-refractivity contribution is 0.447. The van der Waals surface area contributed by atoms with Crippen molar-refractivity contribution in [2.45, 2.75) is 12.8 Å². The lowest BCUT2D eigenvalue weighted by atomic mass is 9.95. The first-order valence-corrected chi connectivity index (χ1v) is 3.99. The fourth-order valence-corrected chi connectivity index (χ4v) is 1.25. The molecule has 0 saturated carbocycles. The Balaban J connectivity index is 2.18. The third-order valence-corrected chi connectivity index (χ3v) is 2.19. The van der Waals surface area contributed by atoms with E-state index in [1.807, 2.05) is 13.1 Å². The molecule has 2 rings (SSSR count). The Labute approximate surface area is 66.7 Å². The summed E-state index contributed by atoms with van der Waals surface area (Å²) >= 11 is 0. The van der Waals surface area contributed by atoms with Crippen molar-refractivity contribution < 1.29 is 0 Å². The van der Waals surface area contributed by atoms with Crippen LogP contribution in [0.15, 0.2) is 18.3 Å². The predicted octanol–water partition coefficient (Wildman–Crippen LogP) is 1.08. The molecule has 1 N–H and O–H groups in total. The summed E-state index contributed by atoms with van der Waals surface area (Å²) in [6, 6.07) is 4.25. The molecule has 1 aliphatic heterocycles. The minimum absolute atomic E-state index is 0.711. The number of nitrogens with zero attached hydrogens (tertiary/aromatic N) is 1. The first kappa shape index (κ1) is 6.80. The van der Waals surface area contributed by atoms with Gasteiger partial charge in [-0.2, -0.15) is 0 Å². The molecule has 11 heavy (non-hydrogen) atoms. The van der Waals surface area contributed by atoms with E-state index in [-0.39, 0.29) is 0 Å². The van der Waals surface area contributed by atoms with Crippen LogP contribution in [0.5, 0.6) is 0 Å². The maximum Gasteiger partial charge on any atom is 0.0372 e. The summed E-state index contributed by atoms with van der Waals surface area (Å²) in [6.07, 6.45) is 1.99. The van der Waals surface area contributed by atoms with Crippen molar-refractivity contribution in [3.8, 4) is 0 Å². The molecule has 0 radical (unpaired) electrons. The van der Waals surface area contributed by atoms with Crippen LogP contribution in [0.2, 0.25) is 0 Å². The van der Waals surface area contributed by atoms with Crippen LogP contribution in [0.1, 0.15) is 17.2 Å². The van der Waals surface area contributed by atoms with Crippen molar-refractivity contribution in [1.29, 1.82) is 0 Å². The van der Waals surface area contributed by atoms with Gasteiger partial charge in [0.05, 0.1) is 0 Å². The maximum atomic E-state index is 4.25. The van der Waals surface area contributed by atoms with E-state index in [1.165, 1.54) is 5.56 Å². The van der Waals surface area contributed by atoms with Crippen LogP contribution < -0.4 is 5.32 Å². The zero-order valence-electron chi connectivity index (χ0n) is 6.67. The fourth-order valence-electron chi connectivity index (χ4n) is 1.25. The molecule has 1 aromatic heterocycles. The van der Waals surface area contributed by atoms with E-state index in [0.29, 0.717) is 5.92 Å². The van der Waals surface area contributed by atoms with Crippen molar-refractivity contribution in [2.24, 2.45) is 0 Å². The third-order valence-electron chi connectivity index (χ3n) is 2.19. The Morgan fingerprint density at radius 1 is 1.45 bits per heavy atom. The first-order chi connectivity index (χ1) is 5.36. The summed E-state index contributed by atoms with van der Waals surface area (Å²) in [5, 5.41) is 3.25. The second kappa shape index (κ2) is 2.62. The van der Waals surface area contributed by atoms with Gasteiger partial charge in [0.2, 0.25) is 0 Å². The Morgan fingerprint density at radius 2 is 2.27 bits per heavy atom. The molecule has 1 saturated heterocycles. The molecular weight excluding hydrogens is 136 g/mol. The van der Waals surface area contributed by atoms with Crippen molar-refractivity contribution in [1.82, 2.24) is 10.3 Å². The molecule has 0 aliphatic carbocycles. The van der Waals surface area contributed by atoms with Gasteiger partial charge >= 0.3 is 0 Å². The van der Waals surface area contributed by atoms with Crippen LogP contribution in [-0.2, 0) is 0 Å². The summed E-state index contributed by atoms with van der Waals surface area (Å²) in [6.45, 7) is 4.25. The van der Waals surface area contributed by atoms with E-state index in [4.69, 9.17) is 0 Å². The average molecular weight is 148 g/mol. The number of aromatic nitrogens is 1. The molecule has 2 nitrogen and oxygen atoms in total. The van der Waals surface area contributed by atoms with Crippen molar-refractivity contribution in [2.75, 3.05) is 13.1 Å². The molecule has 0 amide bonds. The lowest BCUT2D eigenvalue weighted by Crippen LogP contribution is -2.39. The highest BCUT2D eigenvalue weighted by Gasteiger charge is 2.18. The molecule has 2 heterocycles. The van der Waals surface area contributed by atoms with E-state index in [2.05, 4.69) is 22.4 Å². The molecule has 2 heteroatoms. The molecule has 58 valence electrons. The quantitative estimate of drug-likeness (QED) is 0.644. The van der Waals surface area contributed by atoms with Crippen LogP contribution in [-0.4, -0.2) is 18.1 Å². The fraction of sp³-hybridized carbons (Fsp3) is 0.444. The minimum atomic E-state index is 0.711. The van der Waals surface area contributed by atoms with Gasteiger partial charge in [0.25, 0.3) is 0 Å². The van der Waals surface area contributed by atoms with Crippen molar-refractivity contribution in [3.05, 3.63) is 29.6 Å². The number of aryl methyl sites for hydroxylation is 1. The highest BCUT2D eigenvalue weighted by atomic mass is 14.9. The smallest absolute Gasteiger partial charge is 0.0372 e. The average Bonchev–Trinajstić information content (AvgIpc) is 1.90. The van der Waals surface area contributed by atoms with E-state index < -0.39 is 0 Å². The summed E-state index contributed by atoms with van der Waals surface area (Å²) < 4.78 is 0. The van der Waals surface area contributed by atoms with Crippen molar-refractivity contribution >= 4 is 0 Å². The van der Waals surface area contributed by atoms with Crippen LogP contribution in [0, 0.1) is 6.92 Å². The third kappa shape index (κ3) is 1.26. The summed E-state index contributed by atoms with van der Waals surface area (Å²) in [5.41, 5.74) is 2.47. The van der Waals surface area contributed by atoms with Crippen LogP contribution >= 0.6 is 0 Å². The Kier molecular flexibility index (Phi) is 1.62. The van der Waals surface area contributed by atoms with E-state index in [9.17, 15) is 0 Å². The standard InChI is InChI=1S/C9H12N2/c1-7-2-3-8(6-11-7)9-4-10-5-9/h2-3,6,9-10H,4-5H2,1H3. The number of rotatable bonds is 1. The second-order valence-electron chi connectivity index (χ2n) is 3.09. The molecule has 0 spiro atoms. The van der Waals surface area contributed by atoms with E-state index >= 15 is 0 Å². The molecule has 1 aliphatic rings. The van der Waals surface area contributed by atoms with Gasteiger partial charge in [0.1, 0.15) is 0 Å². The van der Waals surface area contributed by atoms with Gasteiger partial charge in [-0.05, 0) is 18.6 Å². The largest absolute Gasteiger partial charge is 0.315 e. The van der Waals surface area contributed by atoms with Gasteiger partial charge < -0.3 is 5.32 Å². The number of hydrogen-bond acceptors (Lipinski definition) is 2. The molecule has 0 aromatic carbocycles. The van der Waals surface area contributed by atoms with Gasteiger partial charge in [-0.1, -0.05) is 6.07 Å². The Bertz CT molecular complexity index is 236. The first-order valence-electron chi connectivity index (χ1n) is 3.99. The number of hydrogen-bond donors (Lipinski definition) is 1.